The molecule has 1 aliphatic heterocycles. The van der Waals surface area contributed by atoms with Crippen LogP contribution in [0.1, 0.15) is 5.56 Å². The highest BCUT2D eigenvalue weighted by molar-refractivity contribution is 6.30. The number of aromatic amines is 1. The maximum absolute atomic E-state index is 9.77. The highest BCUT2D eigenvalue weighted by Gasteiger charge is 2.24. The fourth-order valence-corrected chi connectivity index (χ4v) is 2.76. The van der Waals surface area contributed by atoms with Gasteiger partial charge < -0.3 is 15.7 Å². The van der Waals surface area contributed by atoms with E-state index in [-0.39, 0.29) is 12.0 Å². The Bertz CT molecular complexity index is 584. The van der Waals surface area contributed by atoms with Gasteiger partial charge in [-0.15, -0.1) is 0 Å². The molecule has 21 heavy (non-hydrogen) atoms. The van der Waals surface area contributed by atoms with Crippen molar-refractivity contribution in [1.82, 2.24) is 20.8 Å². The fourth-order valence-electron chi connectivity index (χ4n) is 2.63. The van der Waals surface area contributed by atoms with Gasteiger partial charge in [-0.05, 0) is 17.7 Å². The van der Waals surface area contributed by atoms with Crippen molar-refractivity contribution in [3.63, 3.8) is 0 Å². The third-order valence-electron chi connectivity index (χ3n) is 3.88. The summed E-state index contributed by atoms with van der Waals surface area (Å²) in [5.41, 5.74) is 3.18. The van der Waals surface area contributed by atoms with E-state index in [0.29, 0.717) is 6.54 Å². The number of halogens is 1. The molecule has 2 heterocycles. The first-order chi connectivity index (χ1) is 10.2. The molecule has 2 unspecified atom stereocenters. The lowest BCUT2D eigenvalue weighted by Crippen LogP contribution is -2.30. The highest BCUT2D eigenvalue weighted by atomic mass is 35.5. The van der Waals surface area contributed by atoms with Gasteiger partial charge in [0, 0.05) is 42.7 Å². The minimum Gasteiger partial charge on any atom is -0.391 e. The van der Waals surface area contributed by atoms with Gasteiger partial charge >= 0.3 is 0 Å². The Morgan fingerprint density at radius 3 is 2.81 bits per heavy atom. The van der Waals surface area contributed by atoms with Gasteiger partial charge in [0.25, 0.3) is 0 Å². The summed E-state index contributed by atoms with van der Waals surface area (Å²) in [7, 11) is 0. The smallest absolute Gasteiger partial charge is 0.0716 e. The summed E-state index contributed by atoms with van der Waals surface area (Å²) in [6.07, 6.45) is 1.58. The average molecular weight is 307 g/mol. The SMILES string of the molecule is OC1CNCC1CNCc1cn[nH]c1-c1ccc(Cl)cc1. The number of nitrogens with zero attached hydrogens (tertiary/aromatic N) is 1. The molecule has 0 aliphatic carbocycles. The van der Waals surface area contributed by atoms with Crippen LogP contribution in [0.5, 0.6) is 0 Å². The fraction of sp³-hybridized carbons (Fsp3) is 0.400. The van der Waals surface area contributed by atoms with Crippen LogP contribution in [-0.2, 0) is 6.54 Å². The number of nitrogens with one attached hydrogen (secondary N) is 3. The van der Waals surface area contributed by atoms with Gasteiger partial charge in [0.1, 0.15) is 0 Å². The number of β-amino-alcohol motifs (C(OH)–C–C–N with tert-alkyl or cyclic N) is 1. The molecule has 2 atom stereocenters. The van der Waals surface area contributed by atoms with E-state index in [2.05, 4.69) is 20.8 Å². The normalized spacial score (nSPS) is 21.8. The number of hydrogen-bond donors (Lipinski definition) is 4. The average Bonchev–Trinajstić information content (AvgIpc) is 3.10. The van der Waals surface area contributed by atoms with Crippen molar-refractivity contribution in [2.45, 2.75) is 12.6 Å². The molecule has 2 aromatic rings. The van der Waals surface area contributed by atoms with Crippen molar-refractivity contribution in [3.05, 3.63) is 41.0 Å². The first kappa shape index (κ1) is 14.5. The molecule has 112 valence electrons. The monoisotopic (exact) mass is 306 g/mol. The molecule has 1 saturated heterocycles. The first-order valence-corrected chi connectivity index (χ1v) is 7.49. The zero-order chi connectivity index (χ0) is 14.7. The Morgan fingerprint density at radius 2 is 2.10 bits per heavy atom. The largest absolute Gasteiger partial charge is 0.391 e. The lowest BCUT2D eigenvalue weighted by Gasteiger charge is -2.14. The molecule has 0 bridgehead atoms. The van der Waals surface area contributed by atoms with E-state index in [1.54, 1.807) is 0 Å². The number of H-pyrrole nitrogens is 1. The minimum atomic E-state index is -0.252. The van der Waals surface area contributed by atoms with Crippen LogP contribution in [0.4, 0.5) is 0 Å². The Labute approximate surface area is 128 Å². The Kier molecular flexibility index (Phi) is 4.55. The van der Waals surface area contributed by atoms with E-state index < -0.39 is 0 Å². The molecule has 1 fully saturated rings. The summed E-state index contributed by atoms with van der Waals surface area (Å²) in [6.45, 7) is 3.06. The zero-order valence-electron chi connectivity index (χ0n) is 11.6. The van der Waals surface area contributed by atoms with Gasteiger partial charge in [-0.25, -0.2) is 0 Å². The van der Waals surface area contributed by atoms with Crippen LogP contribution in [0.25, 0.3) is 11.3 Å². The predicted molar refractivity (Wildman–Crippen MR) is 83.1 cm³/mol. The molecule has 1 aliphatic rings. The Morgan fingerprint density at radius 1 is 1.29 bits per heavy atom. The lowest BCUT2D eigenvalue weighted by atomic mass is 10.1. The highest BCUT2D eigenvalue weighted by Crippen LogP contribution is 2.22. The molecule has 1 aromatic heterocycles. The van der Waals surface area contributed by atoms with Crippen molar-refractivity contribution in [2.75, 3.05) is 19.6 Å². The first-order valence-electron chi connectivity index (χ1n) is 7.11. The van der Waals surface area contributed by atoms with Crippen LogP contribution in [0.3, 0.4) is 0 Å². The van der Waals surface area contributed by atoms with Crippen molar-refractivity contribution in [3.8, 4) is 11.3 Å². The van der Waals surface area contributed by atoms with Crippen LogP contribution < -0.4 is 10.6 Å². The predicted octanol–water partition coefficient (Wildman–Crippen LogP) is 1.40. The molecule has 0 saturated carbocycles. The zero-order valence-corrected chi connectivity index (χ0v) is 12.4. The summed E-state index contributed by atoms with van der Waals surface area (Å²) in [5, 5.41) is 24.2. The Balaban J connectivity index is 1.61. The lowest BCUT2D eigenvalue weighted by molar-refractivity contribution is 0.146. The van der Waals surface area contributed by atoms with Gasteiger partial charge in [0.05, 0.1) is 18.0 Å². The van der Waals surface area contributed by atoms with E-state index in [0.717, 1.165) is 41.5 Å². The Hall–Kier alpha value is -1.40. The van der Waals surface area contributed by atoms with E-state index in [4.69, 9.17) is 11.6 Å². The van der Waals surface area contributed by atoms with Gasteiger partial charge in [-0.2, -0.15) is 5.10 Å². The van der Waals surface area contributed by atoms with Gasteiger partial charge in [-0.1, -0.05) is 23.7 Å². The topological polar surface area (TPSA) is 73.0 Å². The quantitative estimate of drug-likeness (QED) is 0.674. The summed E-state index contributed by atoms with van der Waals surface area (Å²) in [4.78, 5) is 0. The second-order valence-electron chi connectivity index (χ2n) is 5.39. The van der Waals surface area contributed by atoms with E-state index in [1.165, 1.54) is 0 Å². The van der Waals surface area contributed by atoms with E-state index >= 15 is 0 Å². The second-order valence-corrected chi connectivity index (χ2v) is 5.83. The molecular formula is C15H19ClN4O. The number of rotatable bonds is 5. The van der Waals surface area contributed by atoms with Crippen LogP contribution in [0.2, 0.25) is 5.02 Å². The van der Waals surface area contributed by atoms with E-state index in [9.17, 15) is 5.11 Å². The van der Waals surface area contributed by atoms with Crippen molar-refractivity contribution in [1.29, 1.82) is 0 Å². The number of aliphatic hydroxyl groups is 1. The molecule has 1 aromatic carbocycles. The van der Waals surface area contributed by atoms with Crippen molar-refractivity contribution >= 4 is 11.6 Å². The molecule has 0 spiro atoms. The van der Waals surface area contributed by atoms with Crippen molar-refractivity contribution < 1.29 is 5.11 Å². The second kappa shape index (κ2) is 6.58. The van der Waals surface area contributed by atoms with Crippen molar-refractivity contribution in [2.24, 2.45) is 5.92 Å². The number of aromatic nitrogens is 2. The molecule has 3 rings (SSSR count). The molecule has 5 nitrogen and oxygen atoms in total. The number of hydrogen-bond acceptors (Lipinski definition) is 4. The molecule has 0 radical (unpaired) electrons. The molecular weight excluding hydrogens is 288 g/mol. The van der Waals surface area contributed by atoms with Crippen LogP contribution >= 0.6 is 11.6 Å². The molecule has 4 N–H and O–H groups in total. The molecule has 6 heteroatoms. The van der Waals surface area contributed by atoms with Gasteiger partial charge in [-0.3, -0.25) is 5.10 Å². The summed E-state index contributed by atoms with van der Waals surface area (Å²) < 4.78 is 0. The summed E-state index contributed by atoms with van der Waals surface area (Å²) in [6, 6.07) is 7.69. The number of benzene rings is 1. The third-order valence-corrected chi connectivity index (χ3v) is 4.13. The summed E-state index contributed by atoms with van der Waals surface area (Å²) in [5.74, 6) is 0.274. The summed E-state index contributed by atoms with van der Waals surface area (Å²) >= 11 is 5.92. The standard InChI is InChI=1S/C15H19ClN4O/c16-13-3-1-10(2-4-13)15-12(8-19-20-15)7-17-5-11-6-18-9-14(11)21/h1-4,8,11,14,17-18,21H,5-7,9H2,(H,19,20). The van der Waals surface area contributed by atoms with Gasteiger partial charge in [0.15, 0.2) is 0 Å². The van der Waals surface area contributed by atoms with Crippen LogP contribution in [-0.4, -0.2) is 41.0 Å². The minimum absolute atomic E-state index is 0.252. The molecule has 0 amide bonds. The third kappa shape index (κ3) is 3.44. The van der Waals surface area contributed by atoms with E-state index in [1.807, 2.05) is 30.5 Å². The van der Waals surface area contributed by atoms with Crippen LogP contribution in [0, 0.1) is 5.92 Å². The maximum Gasteiger partial charge on any atom is 0.0716 e. The number of aliphatic hydroxyl groups excluding tert-OH is 1. The van der Waals surface area contributed by atoms with Crippen LogP contribution in [0.15, 0.2) is 30.5 Å². The van der Waals surface area contributed by atoms with Gasteiger partial charge in [0.2, 0.25) is 0 Å². The maximum atomic E-state index is 9.77.